The molecule has 0 saturated carbocycles. The molecule has 1 aliphatic heterocycles. The maximum Gasteiger partial charge on any atom is 0.331 e. The normalized spacial score (nSPS) is 19.6. The van der Waals surface area contributed by atoms with Crippen LogP contribution in [0.5, 0.6) is 0 Å². The summed E-state index contributed by atoms with van der Waals surface area (Å²) in [6.45, 7) is 1.63. The first-order valence-corrected chi connectivity index (χ1v) is 5.28. The second-order valence-electron chi connectivity index (χ2n) is 4.02. The fourth-order valence-corrected chi connectivity index (χ4v) is 1.73. The summed E-state index contributed by atoms with van der Waals surface area (Å²) in [4.78, 5) is 36.0. The number of rotatable bonds is 2. The highest BCUT2D eigenvalue weighted by molar-refractivity contribution is 6.21. The molecule has 3 amide bonds. The van der Waals surface area contributed by atoms with Gasteiger partial charge in [0.2, 0.25) is 0 Å². The van der Waals surface area contributed by atoms with Gasteiger partial charge in [-0.2, -0.15) is 0 Å². The highest BCUT2D eigenvalue weighted by Crippen LogP contribution is 2.25. The highest BCUT2D eigenvalue weighted by atomic mass is 16.6. The number of nitrogens with zero attached hydrogens (tertiary/aromatic N) is 3. The fraction of sp³-hybridized carbons (Fsp3) is 0.273. The van der Waals surface area contributed by atoms with E-state index < -0.39 is 17.0 Å². The molecule has 2 rings (SSSR count). The van der Waals surface area contributed by atoms with Gasteiger partial charge in [-0.25, -0.2) is 9.69 Å². The van der Waals surface area contributed by atoms with E-state index in [-0.39, 0.29) is 11.6 Å². The topological polar surface area (TPSA) is 83.8 Å². The van der Waals surface area contributed by atoms with Crippen molar-refractivity contribution >= 4 is 23.3 Å². The van der Waals surface area contributed by atoms with Crippen molar-refractivity contribution in [3.8, 4) is 0 Å². The van der Waals surface area contributed by atoms with Crippen LogP contribution in [-0.4, -0.2) is 34.9 Å². The van der Waals surface area contributed by atoms with E-state index in [9.17, 15) is 19.7 Å². The van der Waals surface area contributed by atoms with Gasteiger partial charge in [-0.1, -0.05) is 0 Å². The molecule has 1 unspecified atom stereocenters. The van der Waals surface area contributed by atoms with E-state index in [0.29, 0.717) is 5.69 Å². The van der Waals surface area contributed by atoms with Gasteiger partial charge >= 0.3 is 6.03 Å². The first kappa shape index (κ1) is 12.0. The molecule has 94 valence electrons. The molecular formula is C11H11N3O4. The largest absolute Gasteiger partial charge is 0.331 e. The predicted molar refractivity (Wildman–Crippen MR) is 63.2 cm³/mol. The Morgan fingerprint density at radius 2 is 1.78 bits per heavy atom. The van der Waals surface area contributed by atoms with Crippen molar-refractivity contribution in [3.05, 3.63) is 34.4 Å². The molecule has 1 atom stereocenters. The summed E-state index contributed by atoms with van der Waals surface area (Å²) in [5, 5.41) is 10.5. The van der Waals surface area contributed by atoms with Crippen LogP contribution in [0.4, 0.5) is 16.2 Å². The maximum absolute atomic E-state index is 11.9. The Morgan fingerprint density at radius 1 is 1.22 bits per heavy atom. The van der Waals surface area contributed by atoms with Gasteiger partial charge in [-0.3, -0.25) is 14.9 Å². The van der Waals surface area contributed by atoms with Crippen LogP contribution >= 0.6 is 0 Å². The second kappa shape index (κ2) is 4.10. The highest BCUT2D eigenvalue weighted by Gasteiger charge is 2.41. The van der Waals surface area contributed by atoms with Crippen molar-refractivity contribution in [1.29, 1.82) is 0 Å². The number of benzene rings is 1. The Balaban J connectivity index is 2.35. The third kappa shape index (κ3) is 1.69. The van der Waals surface area contributed by atoms with Crippen molar-refractivity contribution in [2.75, 3.05) is 11.9 Å². The zero-order valence-corrected chi connectivity index (χ0v) is 9.86. The Morgan fingerprint density at radius 3 is 2.17 bits per heavy atom. The lowest BCUT2D eigenvalue weighted by Crippen LogP contribution is -2.31. The molecule has 1 heterocycles. The average Bonchev–Trinajstić information content (AvgIpc) is 2.54. The van der Waals surface area contributed by atoms with Crippen molar-refractivity contribution in [3.63, 3.8) is 0 Å². The molecule has 0 radical (unpaired) electrons. The number of nitro groups is 1. The lowest BCUT2D eigenvalue weighted by atomic mass is 10.2. The first-order chi connectivity index (χ1) is 8.43. The lowest BCUT2D eigenvalue weighted by molar-refractivity contribution is -0.384. The number of nitro benzene ring substituents is 1. The quantitative estimate of drug-likeness (QED) is 0.450. The van der Waals surface area contributed by atoms with Crippen LogP contribution in [0.15, 0.2) is 24.3 Å². The van der Waals surface area contributed by atoms with Crippen molar-refractivity contribution in [2.45, 2.75) is 13.0 Å². The SMILES string of the molecule is CC1C(=O)N(c2ccc([N+](=O)[O-])cc2)C(=O)N1C. The zero-order valence-electron chi connectivity index (χ0n) is 9.86. The zero-order chi connectivity index (χ0) is 13.4. The molecule has 18 heavy (non-hydrogen) atoms. The van der Waals surface area contributed by atoms with E-state index in [1.54, 1.807) is 6.92 Å². The number of anilines is 1. The number of carbonyl (C=O) groups is 2. The number of urea groups is 1. The Labute approximate surface area is 103 Å². The summed E-state index contributed by atoms with van der Waals surface area (Å²) in [6.07, 6.45) is 0. The van der Waals surface area contributed by atoms with Gasteiger partial charge in [0.25, 0.3) is 11.6 Å². The van der Waals surface area contributed by atoms with E-state index in [4.69, 9.17) is 0 Å². The number of carbonyl (C=O) groups excluding carboxylic acids is 2. The number of non-ortho nitro benzene ring substituents is 1. The number of amides is 3. The van der Waals surface area contributed by atoms with Gasteiger partial charge in [0.15, 0.2) is 0 Å². The minimum Gasteiger partial charge on any atom is -0.315 e. The molecule has 0 bridgehead atoms. The fourth-order valence-electron chi connectivity index (χ4n) is 1.73. The second-order valence-corrected chi connectivity index (χ2v) is 4.02. The number of likely N-dealkylation sites (N-methyl/N-ethyl adjacent to an activating group) is 1. The number of hydrogen-bond donors (Lipinski definition) is 0. The van der Waals surface area contributed by atoms with Crippen molar-refractivity contribution < 1.29 is 14.5 Å². The van der Waals surface area contributed by atoms with Crippen LogP contribution in [0, 0.1) is 10.1 Å². The molecular weight excluding hydrogens is 238 g/mol. The van der Waals surface area contributed by atoms with E-state index in [1.807, 2.05) is 0 Å². The van der Waals surface area contributed by atoms with Crippen LogP contribution in [0.1, 0.15) is 6.92 Å². The van der Waals surface area contributed by atoms with E-state index in [0.717, 1.165) is 4.90 Å². The summed E-state index contributed by atoms with van der Waals surface area (Å²) in [5.41, 5.74) is 0.256. The van der Waals surface area contributed by atoms with Crippen LogP contribution < -0.4 is 4.90 Å². The number of hydrogen-bond acceptors (Lipinski definition) is 4. The van der Waals surface area contributed by atoms with E-state index in [2.05, 4.69) is 0 Å². The number of imide groups is 1. The summed E-state index contributed by atoms with van der Waals surface area (Å²) < 4.78 is 0. The average molecular weight is 249 g/mol. The molecule has 0 aromatic heterocycles. The third-order valence-electron chi connectivity index (χ3n) is 2.97. The molecule has 0 aliphatic carbocycles. The Hall–Kier alpha value is -2.44. The van der Waals surface area contributed by atoms with Crippen molar-refractivity contribution in [2.24, 2.45) is 0 Å². The minimum absolute atomic E-state index is 0.0840. The van der Waals surface area contributed by atoms with E-state index in [1.165, 1.54) is 36.2 Å². The molecule has 7 heteroatoms. The monoisotopic (exact) mass is 249 g/mol. The molecule has 1 aromatic rings. The molecule has 1 aliphatic rings. The van der Waals surface area contributed by atoms with Gasteiger partial charge in [-0.05, 0) is 19.1 Å². The van der Waals surface area contributed by atoms with Gasteiger partial charge in [0, 0.05) is 19.2 Å². The summed E-state index contributed by atoms with van der Waals surface area (Å²) >= 11 is 0. The van der Waals surface area contributed by atoms with Crippen LogP contribution in [0.2, 0.25) is 0 Å². The molecule has 1 aromatic carbocycles. The third-order valence-corrected chi connectivity index (χ3v) is 2.97. The smallest absolute Gasteiger partial charge is 0.315 e. The summed E-state index contributed by atoms with van der Waals surface area (Å²) in [7, 11) is 1.54. The van der Waals surface area contributed by atoms with E-state index >= 15 is 0 Å². The van der Waals surface area contributed by atoms with Gasteiger partial charge in [0.1, 0.15) is 6.04 Å². The van der Waals surface area contributed by atoms with Crippen molar-refractivity contribution in [1.82, 2.24) is 4.90 Å². The minimum atomic E-state index is -0.536. The maximum atomic E-state index is 11.9. The molecule has 1 saturated heterocycles. The van der Waals surface area contributed by atoms with Gasteiger partial charge in [-0.15, -0.1) is 0 Å². The Bertz CT molecular complexity index is 506. The van der Waals surface area contributed by atoms with Gasteiger partial charge < -0.3 is 4.90 Å². The van der Waals surface area contributed by atoms with Crippen LogP contribution in [-0.2, 0) is 4.79 Å². The lowest BCUT2D eigenvalue weighted by Gasteiger charge is -2.13. The molecule has 0 spiro atoms. The van der Waals surface area contributed by atoms with Crippen LogP contribution in [0.3, 0.4) is 0 Å². The predicted octanol–water partition coefficient (Wildman–Crippen LogP) is 1.38. The summed E-state index contributed by atoms with van der Waals surface area (Å²) in [5.74, 6) is -0.337. The first-order valence-electron chi connectivity index (χ1n) is 5.28. The summed E-state index contributed by atoms with van der Waals surface area (Å²) in [6, 6.07) is 4.35. The molecule has 0 N–H and O–H groups in total. The van der Waals surface area contributed by atoms with Gasteiger partial charge in [0.05, 0.1) is 10.6 Å². The standard InChI is InChI=1S/C11H11N3O4/c1-7-10(15)13(11(16)12(7)2)8-3-5-9(6-4-8)14(17)18/h3-7H,1-2H3. The molecule has 7 nitrogen and oxygen atoms in total. The Kier molecular flexibility index (Phi) is 2.74. The molecule has 1 fully saturated rings. The van der Waals surface area contributed by atoms with Crippen LogP contribution in [0.25, 0.3) is 0 Å².